The smallest absolute Gasteiger partial charge is 0.264 e. The van der Waals surface area contributed by atoms with Gasteiger partial charge < -0.3 is 4.74 Å². The van der Waals surface area contributed by atoms with Gasteiger partial charge in [0.2, 0.25) is 5.88 Å². The summed E-state index contributed by atoms with van der Waals surface area (Å²) in [5.41, 5.74) is 2.61. The predicted molar refractivity (Wildman–Crippen MR) is 108 cm³/mol. The standard InChI is InChI=1S/C20H18ClN3O3S/c1-24(28(25,26)17-11-5-14(21)6-12-17)15-7-9-16(10-8-15)27-20-18-3-2-4-19(18)22-13-23-20/h5-13H,2-4H2,1H3. The van der Waals surface area contributed by atoms with Gasteiger partial charge in [-0.1, -0.05) is 11.6 Å². The summed E-state index contributed by atoms with van der Waals surface area (Å²) in [6.45, 7) is 0. The number of halogens is 1. The van der Waals surface area contributed by atoms with Crippen molar-refractivity contribution < 1.29 is 13.2 Å². The summed E-state index contributed by atoms with van der Waals surface area (Å²) in [6.07, 6.45) is 4.42. The van der Waals surface area contributed by atoms with Crippen molar-refractivity contribution in [3.8, 4) is 11.6 Å². The van der Waals surface area contributed by atoms with E-state index in [9.17, 15) is 8.42 Å². The number of hydrogen-bond donors (Lipinski definition) is 0. The van der Waals surface area contributed by atoms with Crippen molar-refractivity contribution in [2.24, 2.45) is 0 Å². The van der Waals surface area contributed by atoms with Gasteiger partial charge in [0.15, 0.2) is 0 Å². The Kier molecular flexibility index (Phi) is 4.95. The lowest BCUT2D eigenvalue weighted by Crippen LogP contribution is -2.26. The molecule has 1 heterocycles. The Hall–Kier alpha value is -2.64. The zero-order valence-electron chi connectivity index (χ0n) is 15.2. The zero-order chi connectivity index (χ0) is 19.7. The minimum Gasteiger partial charge on any atom is -0.439 e. The molecule has 0 radical (unpaired) electrons. The molecule has 0 fully saturated rings. The molecular formula is C20H18ClN3O3S. The number of benzene rings is 2. The van der Waals surface area contributed by atoms with E-state index >= 15 is 0 Å². The van der Waals surface area contributed by atoms with Gasteiger partial charge in [0.25, 0.3) is 10.0 Å². The minimum absolute atomic E-state index is 0.177. The fourth-order valence-corrected chi connectivity index (χ4v) is 4.48. The normalized spacial score (nSPS) is 13.2. The maximum absolute atomic E-state index is 12.8. The van der Waals surface area contributed by atoms with Gasteiger partial charge in [-0.25, -0.2) is 18.4 Å². The Morgan fingerprint density at radius 2 is 1.71 bits per heavy atom. The summed E-state index contributed by atoms with van der Waals surface area (Å²) >= 11 is 5.85. The Labute approximate surface area is 168 Å². The SMILES string of the molecule is CN(c1ccc(Oc2ncnc3c2CCC3)cc1)S(=O)(=O)c1ccc(Cl)cc1. The highest BCUT2D eigenvalue weighted by Crippen LogP contribution is 2.31. The molecule has 0 aliphatic heterocycles. The van der Waals surface area contributed by atoms with E-state index in [2.05, 4.69) is 9.97 Å². The van der Waals surface area contributed by atoms with Gasteiger partial charge in [-0.2, -0.15) is 0 Å². The average molecular weight is 416 g/mol. The van der Waals surface area contributed by atoms with Crippen molar-refractivity contribution in [1.29, 1.82) is 0 Å². The van der Waals surface area contributed by atoms with E-state index in [1.165, 1.54) is 29.8 Å². The Bertz CT molecular complexity index is 1100. The molecule has 8 heteroatoms. The van der Waals surface area contributed by atoms with Crippen molar-refractivity contribution in [2.45, 2.75) is 24.2 Å². The van der Waals surface area contributed by atoms with Crippen molar-refractivity contribution in [3.05, 3.63) is 71.1 Å². The molecule has 0 bridgehead atoms. The molecule has 1 aliphatic rings. The Morgan fingerprint density at radius 3 is 2.43 bits per heavy atom. The van der Waals surface area contributed by atoms with E-state index < -0.39 is 10.0 Å². The van der Waals surface area contributed by atoms with E-state index in [1.54, 1.807) is 36.4 Å². The molecule has 1 aliphatic carbocycles. The zero-order valence-corrected chi connectivity index (χ0v) is 16.7. The van der Waals surface area contributed by atoms with Gasteiger partial charge in [0, 0.05) is 17.6 Å². The van der Waals surface area contributed by atoms with E-state index in [4.69, 9.17) is 16.3 Å². The first kappa shape index (κ1) is 18.7. The molecule has 0 saturated heterocycles. The largest absolute Gasteiger partial charge is 0.439 e. The van der Waals surface area contributed by atoms with Crippen LogP contribution >= 0.6 is 11.6 Å². The third-order valence-corrected chi connectivity index (χ3v) is 6.77. The van der Waals surface area contributed by atoms with Crippen molar-refractivity contribution in [3.63, 3.8) is 0 Å². The fourth-order valence-electron chi connectivity index (χ4n) is 3.16. The van der Waals surface area contributed by atoms with Crippen LogP contribution in [0.3, 0.4) is 0 Å². The molecule has 3 aromatic rings. The second kappa shape index (κ2) is 7.41. The predicted octanol–water partition coefficient (Wildman–Crippen LogP) is 4.24. The summed E-state index contributed by atoms with van der Waals surface area (Å²) in [4.78, 5) is 8.70. The topological polar surface area (TPSA) is 72.4 Å². The second-order valence-corrected chi connectivity index (χ2v) is 8.89. The molecule has 0 spiro atoms. The first-order valence-corrected chi connectivity index (χ1v) is 10.6. The minimum atomic E-state index is -3.68. The van der Waals surface area contributed by atoms with Crippen LogP contribution in [0.5, 0.6) is 11.6 Å². The number of rotatable bonds is 5. The highest BCUT2D eigenvalue weighted by Gasteiger charge is 2.22. The average Bonchev–Trinajstić information content (AvgIpc) is 3.18. The van der Waals surface area contributed by atoms with Crippen molar-refractivity contribution >= 4 is 27.3 Å². The molecule has 28 heavy (non-hydrogen) atoms. The lowest BCUT2D eigenvalue weighted by Gasteiger charge is -2.20. The monoisotopic (exact) mass is 415 g/mol. The first-order valence-electron chi connectivity index (χ1n) is 8.80. The van der Waals surface area contributed by atoms with Crippen LogP contribution in [-0.2, 0) is 22.9 Å². The number of aryl methyl sites for hydroxylation is 1. The summed E-state index contributed by atoms with van der Waals surface area (Å²) < 4.78 is 32.7. The third-order valence-electron chi connectivity index (χ3n) is 4.72. The number of fused-ring (bicyclic) bond motifs is 1. The van der Waals surface area contributed by atoms with Crippen LogP contribution in [0.15, 0.2) is 59.8 Å². The van der Waals surface area contributed by atoms with Gasteiger partial charge in [0.05, 0.1) is 16.3 Å². The van der Waals surface area contributed by atoms with Crippen molar-refractivity contribution in [2.75, 3.05) is 11.4 Å². The van der Waals surface area contributed by atoms with Gasteiger partial charge in [-0.3, -0.25) is 4.31 Å². The molecule has 0 unspecified atom stereocenters. The molecule has 2 aromatic carbocycles. The molecule has 6 nitrogen and oxygen atoms in total. The lowest BCUT2D eigenvalue weighted by atomic mass is 10.2. The molecule has 0 saturated carbocycles. The van der Waals surface area contributed by atoms with Crippen LogP contribution in [0.4, 0.5) is 5.69 Å². The Morgan fingerprint density at radius 1 is 1.00 bits per heavy atom. The van der Waals surface area contributed by atoms with Crippen LogP contribution < -0.4 is 9.04 Å². The first-order chi connectivity index (χ1) is 13.4. The molecule has 4 rings (SSSR count). The maximum atomic E-state index is 12.8. The molecular weight excluding hydrogens is 398 g/mol. The number of aromatic nitrogens is 2. The van der Waals surface area contributed by atoms with Crippen molar-refractivity contribution in [1.82, 2.24) is 9.97 Å². The van der Waals surface area contributed by atoms with E-state index in [-0.39, 0.29) is 4.90 Å². The van der Waals surface area contributed by atoms with Crippen LogP contribution in [0.2, 0.25) is 5.02 Å². The van der Waals surface area contributed by atoms with E-state index in [0.717, 1.165) is 30.5 Å². The summed E-state index contributed by atoms with van der Waals surface area (Å²) in [5.74, 6) is 1.16. The quantitative estimate of drug-likeness (QED) is 0.623. The molecule has 144 valence electrons. The lowest BCUT2D eigenvalue weighted by molar-refractivity contribution is 0.455. The van der Waals surface area contributed by atoms with Gasteiger partial charge in [-0.15, -0.1) is 0 Å². The third kappa shape index (κ3) is 3.55. The Balaban J connectivity index is 1.55. The second-order valence-electron chi connectivity index (χ2n) is 6.48. The van der Waals surface area contributed by atoms with Crippen LogP contribution in [0.1, 0.15) is 17.7 Å². The molecule has 0 N–H and O–H groups in total. The maximum Gasteiger partial charge on any atom is 0.264 e. The highest BCUT2D eigenvalue weighted by molar-refractivity contribution is 7.92. The summed E-state index contributed by atoms with van der Waals surface area (Å²) in [6, 6.07) is 12.9. The van der Waals surface area contributed by atoms with Gasteiger partial charge in [-0.05, 0) is 67.8 Å². The number of ether oxygens (including phenoxy) is 1. The number of hydrogen-bond acceptors (Lipinski definition) is 5. The molecule has 1 aromatic heterocycles. The van der Waals surface area contributed by atoms with Crippen LogP contribution in [0.25, 0.3) is 0 Å². The number of nitrogens with zero attached hydrogens (tertiary/aromatic N) is 3. The van der Waals surface area contributed by atoms with Gasteiger partial charge >= 0.3 is 0 Å². The highest BCUT2D eigenvalue weighted by atomic mass is 35.5. The van der Waals surface area contributed by atoms with E-state index in [0.29, 0.717) is 22.3 Å². The summed E-state index contributed by atoms with van der Waals surface area (Å²) in [5, 5.41) is 0.485. The number of sulfonamides is 1. The summed E-state index contributed by atoms with van der Waals surface area (Å²) in [7, 11) is -2.16. The van der Waals surface area contributed by atoms with Crippen LogP contribution in [-0.4, -0.2) is 25.4 Å². The van der Waals surface area contributed by atoms with Gasteiger partial charge in [0.1, 0.15) is 12.1 Å². The molecule has 0 atom stereocenters. The van der Waals surface area contributed by atoms with Crippen LogP contribution in [0, 0.1) is 0 Å². The fraction of sp³-hybridized carbons (Fsp3) is 0.200. The number of anilines is 1. The molecule has 0 amide bonds. The van der Waals surface area contributed by atoms with E-state index in [1.807, 2.05) is 0 Å².